The number of ketones is 1. The summed E-state index contributed by atoms with van der Waals surface area (Å²) in [5.74, 6) is -4.72. The zero-order valence-electron chi connectivity index (χ0n) is 16.7. The highest BCUT2D eigenvalue weighted by molar-refractivity contribution is 6.24. The zero-order chi connectivity index (χ0) is 23.5. The number of rotatable bonds is 3. The third kappa shape index (κ3) is 3.24. The molecule has 6 nitrogen and oxygen atoms in total. The molecule has 0 unspecified atom stereocenters. The normalized spacial score (nSPS) is 26.1. The first kappa shape index (κ1) is 21.0. The summed E-state index contributed by atoms with van der Waals surface area (Å²) in [6.45, 7) is 0. The smallest absolute Gasteiger partial charge is 0.292 e. The summed E-state index contributed by atoms with van der Waals surface area (Å²) >= 11 is 0. The maximum absolute atomic E-state index is 13.4. The standard InChI is InChI=1S/C23H15F4N3O3/c24-14-8-6-12(7-9-14)20(31)19-18-17(16-5-2-10-28-30(16)19)21(32)29(22(18)33)15-4-1-3-13(11-15)23(25,26)27/h1-11,16-19H/t16-,17-,18-,19+/m1/s1. The van der Waals surface area contributed by atoms with Crippen LogP contribution in [0.15, 0.2) is 65.8 Å². The molecule has 3 aliphatic heterocycles. The number of fused-ring (bicyclic) bond motifs is 3. The summed E-state index contributed by atoms with van der Waals surface area (Å²) < 4.78 is 52.9. The molecule has 0 spiro atoms. The van der Waals surface area contributed by atoms with Crippen LogP contribution in [0.25, 0.3) is 0 Å². The molecular formula is C23H15F4N3O3. The first-order chi connectivity index (χ1) is 15.7. The lowest BCUT2D eigenvalue weighted by Gasteiger charge is -2.30. The molecule has 3 aliphatic rings. The molecule has 0 aromatic heterocycles. The fourth-order valence-corrected chi connectivity index (χ4v) is 4.70. The lowest BCUT2D eigenvalue weighted by atomic mass is 9.86. The minimum atomic E-state index is -4.66. The van der Waals surface area contributed by atoms with E-state index < -0.39 is 59.1 Å². The van der Waals surface area contributed by atoms with Gasteiger partial charge in [-0.25, -0.2) is 9.29 Å². The second-order valence-corrected chi connectivity index (χ2v) is 7.95. The van der Waals surface area contributed by atoms with Gasteiger partial charge in [0, 0.05) is 11.8 Å². The van der Waals surface area contributed by atoms with Gasteiger partial charge in [0.25, 0.3) is 0 Å². The van der Waals surface area contributed by atoms with E-state index in [0.29, 0.717) is 0 Å². The lowest BCUT2D eigenvalue weighted by Crippen LogP contribution is -2.46. The predicted octanol–water partition coefficient (Wildman–Crippen LogP) is 3.44. The molecule has 33 heavy (non-hydrogen) atoms. The monoisotopic (exact) mass is 457 g/mol. The maximum Gasteiger partial charge on any atom is 0.416 e. The molecule has 2 amide bonds. The minimum absolute atomic E-state index is 0.128. The molecule has 2 aromatic carbocycles. The number of hydrogen-bond acceptors (Lipinski definition) is 5. The zero-order valence-corrected chi connectivity index (χ0v) is 16.7. The Kier molecular flexibility index (Phi) is 4.70. The number of alkyl halides is 3. The topological polar surface area (TPSA) is 70.0 Å². The number of carbonyl (C=O) groups excluding carboxylic acids is 3. The van der Waals surface area contributed by atoms with Gasteiger partial charge in [0.2, 0.25) is 11.8 Å². The van der Waals surface area contributed by atoms with Gasteiger partial charge in [-0.3, -0.25) is 19.4 Å². The Bertz CT molecular complexity index is 1220. The van der Waals surface area contributed by atoms with E-state index in [1.165, 1.54) is 29.4 Å². The quantitative estimate of drug-likeness (QED) is 0.402. The Balaban J connectivity index is 1.57. The largest absolute Gasteiger partial charge is 0.416 e. The second-order valence-electron chi connectivity index (χ2n) is 7.95. The first-order valence-corrected chi connectivity index (χ1v) is 10.0. The number of benzene rings is 2. The van der Waals surface area contributed by atoms with Crippen molar-refractivity contribution in [2.45, 2.75) is 18.3 Å². The van der Waals surface area contributed by atoms with E-state index in [9.17, 15) is 31.9 Å². The number of imide groups is 1. The fraction of sp³-hybridized carbons (Fsp3) is 0.217. The molecule has 2 aromatic rings. The van der Waals surface area contributed by atoms with Crippen LogP contribution in [0, 0.1) is 17.7 Å². The van der Waals surface area contributed by atoms with Crippen LogP contribution < -0.4 is 4.90 Å². The van der Waals surface area contributed by atoms with E-state index in [-0.39, 0.29) is 11.3 Å². The average Bonchev–Trinajstić information content (AvgIpc) is 3.26. The highest BCUT2D eigenvalue weighted by atomic mass is 19.4. The van der Waals surface area contributed by atoms with Crippen molar-refractivity contribution >= 4 is 29.5 Å². The minimum Gasteiger partial charge on any atom is -0.292 e. The molecule has 3 heterocycles. The molecule has 0 radical (unpaired) electrons. The molecule has 0 saturated carbocycles. The summed E-state index contributed by atoms with van der Waals surface area (Å²) in [6, 6.07) is 6.81. The lowest BCUT2D eigenvalue weighted by molar-refractivity contribution is -0.137. The van der Waals surface area contributed by atoms with E-state index in [1.807, 2.05) is 0 Å². The van der Waals surface area contributed by atoms with E-state index in [0.717, 1.165) is 35.2 Å². The number of amides is 2. The van der Waals surface area contributed by atoms with Crippen LogP contribution in [0.4, 0.5) is 23.2 Å². The number of hydrazone groups is 1. The van der Waals surface area contributed by atoms with Crippen LogP contribution >= 0.6 is 0 Å². The summed E-state index contributed by atoms with van der Waals surface area (Å²) in [6.07, 6.45) is -0.0322. The Hall–Kier alpha value is -3.82. The van der Waals surface area contributed by atoms with Gasteiger partial charge >= 0.3 is 6.18 Å². The average molecular weight is 457 g/mol. The van der Waals surface area contributed by atoms with Crippen molar-refractivity contribution < 1.29 is 31.9 Å². The summed E-state index contributed by atoms with van der Waals surface area (Å²) in [4.78, 5) is 40.8. The molecule has 0 aliphatic carbocycles. The van der Waals surface area contributed by atoms with Gasteiger partial charge in [0.1, 0.15) is 11.9 Å². The number of anilines is 1. The van der Waals surface area contributed by atoms with Crippen LogP contribution in [0.5, 0.6) is 0 Å². The van der Waals surface area contributed by atoms with Gasteiger partial charge < -0.3 is 0 Å². The van der Waals surface area contributed by atoms with Gasteiger partial charge in [-0.05, 0) is 48.5 Å². The summed E-state index contributed by atoms with van der Waals surface area (Å²) in [5, 5.41) is 5.56. The van der Waals surface area contributed by atoms with Crippen LogP contribution in [-0.2, 0) is 15.8 Å². The molecular weight excluding hydrogens is 442 g/mol. The second kappa shape index (κ2) is 7.36. The van der Waals surface area contributed by atoms with Gasteiger partial charge in [-0.1, -0.05) is 12.1 Å². The van der Waals surface area contributed by atoms with Gasteiger partial charge in [0.15, 0.2) is 5.78 Å². The van der Waals surface area contributed by atoms with E-state index >= 15 is 0 Å². The van der Waals surface area contributed by atoms with Crippen molar-refractivity contribution in [1.82, 2.24) is 5.01 Å². The van der Waals surface area contributed by atoms with E-state index in [2.05, 4.69) is 5.10 Å². The van der Waals surface area contributed by atoms with Crippen LogP contribution in [0.2, 0.25) is 0 Å². The van der Waals surface area contributed by atoms with Crippen LogP contribution in [0.1, 0.15) is 15.9 Å². The molecule has 168 valence electrons. The highest BCUT2D eigenvalue weighted by Gasteiger charge is 2.64. The fourth-order valence-electron chi connectivity index (χ4n) is 4.70. The summed E-state index contributed by atoms with van der Waals surface area (Å²) in [7, 11) is 0. The number of hydrogen-bond donors (Lipinski definition) is 0. The van der Waals surface area contributed by atoms with Crippen LogP contribution in [-0.4, -0.2) is 40.9 Å². The molecule has 2 fully saturated rings. The maximum atomic E-state index is 13.4. The Morgan fingerprint density at radius 3 is 2.36 bits per heavy atom. The van der Waals surface area contributed by atoms with E-state index in [1.54, 1.807) is 12.2 Å². The van der Waals surface area contributed by atoms with Crippen molar-refractivity contribution in [2.75, 3.05) is 4.90 Å². The molecule has 4 atom stereocenters. The third-order valence-corrected chi connectivity index (χ3v) is 6.12. The molecule has 0 bridgehead atoms. The number of allylic oxidation sites excluding steroid dienone is 1. The molecule has 0 N–H and O–H groups in total. The van der Waals surface area contributed by atoms with Crippen molar-refractivity contribution in [2.24, 2.45) is 16.9 Å². The summed E-state index contributed by atoms with van der Waals surface area (Å²) in [5.41, 5.74) is -1.08. The van der Waals surface area contributed by atoms with Gasteiger partial charge in [0.05, 0.1) is 29.1 Å². The van der Waals surface area contributed by atoms with E-state index in [4.69, 9.17) is 0 Å². The van der Waals surface area contributed by atoms with Gasteiger partial charge in [-0.15, -0.1) is 0 Å². The number of Topliss-reactive ketones (excluding diaryl/α,β-unsaturated/α-hetero) is 1. The predicted molar refractivity (Wildman–Crippen MR) is 109 cm³/mol. The molecule has 10 heteroatoms. The third-order valence-electron chi connectivity index (χ3n) is 6.12. The van der Waals surface area contributed by atoms with Crippen molar-refractivity contribution in [3.63, 3.8) is 0 Å². The number of halogens is 4. The van der Waals surface area contributed by atoms with Crippen LogP contribution in [0.3, 0.4) is 0 Å². The first-order valence-electron chi connectivity index (χ1n) is 10.0. The Morgan fingerprint density at radius 1 is 0.970 bits per heavy atom. The molecule has 5 rings (SSSR count). The molecule has 2 saturated heterocycles. The number of nitrogens with zero attached hydrogens (tertiary/aromatic N) is 3. The van der Waals surface area contributed by atoms with Crippen molar-refractivity contribution in [1.29, 1.82) is 0 Å². The van der Waals surface area contributed by atoms with Crippen molar-refractivity contribution in [3.05, 3.63) is 77.6 Å². The SMILES string of the molecule is O=C(c1ccc(F)cc1)[C@@H]1[C@@H]2C(=O)N(c3cccc(C(F)(F)F)c3)C(=O)[C@@H]2[C@H]2C=CC=NN21. The Labute approximate surface area is 184 Å². The van der Waals surface area contributed by atoms with Crippen molar-refractivity contribution in [3.8, 4) is 0 Å². The highest BCUT2D eigenvalue weighted by Crippen LogP contribution is 2.46. The number of carbonyl (C=O) groups is 3. The van der Waals surface area contributed by atoms with Gasteiger partial charge in [-0.2, -0.15) is 18.3 Å². The Morgan fingerprint density at radius 2 is 1.67 bits per heavy atom.